The second-order valence-electron chi connectivity index (χ2n) is 4.31. The molecule has 17 heavy (non-hydrogen) atoms. The van der Waals surface area contributed by atoms with Crippen LogP contribution in [-0.4, -0.2) is 14.1 Å². The highest BCUT2D eigenvalue weighted by Crippen LogP contribution is 2.07. The number of hydrogen-bond acceptors (Lipinski definition) is 1. The van der Waals surface area contributed by atoms with E-state index in [0.717, 1.165) is 0 Å². The SMILES string of the molecule is CN(C)c1ccccc1.Cc1ccccc1C. The molecule has 0 unspecified atom stereocenters. The molecule has 0 amide bonds. The summed E-state index contributed by atoms with van der Waals surface area (Å²) in [6.07, 6.45) is 0. The highest BCUT2D eigenvalue weighted by molar-refractivity contribution is 5.43. The van der Waals surface area contributed by atoms with Crippen LogP contribution in [0, 0.1) is 13.8 Å². The predicted molar refractivity (Wildman–Crippen MR) is 76.7 cm³/mol. The van der Waals surface area contributed by atoms with Crippen molar-refractivity contribution in [3.05, 3.63) is 65.7 Å². The molecule has 0 aliphatic rings. The molecule has 1 nitrogen and oxygen atoms in total. The molecule has 0 saturated heterocycles. The standard InChI is InChI=1S/C8H11N.C8H10/c1-9(2)8-6-4-3-5-7-8;1-7-5-3-4-6-8(7)2/h3-7H,1-2H3;3-6H,1-2H3. The lowest BCUT2D eigenvalue weighted by Gasteiger charge is -2.10. The number of para-hydroxylation sites is 1. The van der Waals surface area contributed by atoms with Crippen molar-refractivity contribution in [1.82, 2.24) is 0 Å². The highest BCUT2D eigenvalue weighted by atomic mass is 15.1. The molecule has 0 saturated carbocycles. The number of hydrogen-bond donors (Lipinski definition) is 0. The minimum atomic E-state index is 1.25. The first-order valence-corrected chi connectivity index (χ1v) is 5.86. The Bertz CT molecular complexity index is 411. The van der Waals surface area contributed by atoms with Gasteiger partial charge in [0.05, 0.1) is 0 Å². The molecule has 0 spiro atoms. The molecule has 0 aromatic heterocycles. The molecule has 0 bridgehead atoms. The molecular formula is C16H21N. The molecule has 0 radical (unpaired) electrons. The lowest BCUT2D eigenvalue weighted by molar-refractivity contribution is 1.13. The van der Waals surface area contributed by atoms with Crippen LogP contribution in [0.2, 0.25) is 0 Å². The van der Waals surface area contributed by atoms with Gasteiger partial charge in [0, 0.05) is 19.8 Å². The zero-order valence-electron chi connectivity index (χ0n) is 11.1. The van der Waals surface area contributed by atoms with Gasteiger partial charge in [-0.1, -0.05) is 42.5 Å². The van der Waals surface area contributed by atoms with E-state index in [1.54, 1.807) is 0 Å². The molecule has 0 heterocycles. The monoisotopic (exact) mass is 227 g/mol. The number of nitrogens with zero attached hydrogens (tertiary/aromatic N) is 1. The van der Waals surface area contributed by atoms with Gasteiger partial charge in [-0.05, 0) is 37.1 Å². The fraction of sp³-hybridized carbons (Fsp3) is 0.250. The van der Waals surface area contributed by atoms with Crippen LogP contribution < -0.4 is 4.90 Å². The van der Waals surface area contributed by atoms with Crippen LogP contribution in [0.1, 0.15) is 11.1 Å². The van der Waals surface area contributed by atoms with Crippen molar-refractivity contribution in [2.45, 2.75) is 13.8 Å². The maximum Gasteiger partial charge on any atom is 0.0360 e. The Morgan fingerprint density at radius 2 is 1.06 bits per heavy atom. The molecule has 0 aliphatic heterocycles. The van der Waals surface area contributed by atoms with Crippen molar-refractivity contribution in [1.29, 1.82) is 0 Å². The van der Waals surface area contributed by atoms with Crippen LogP contribution in [0.15, 0.2) is 54.6 Å². The van der Waals surface area contributed by atoms with Gasteiger partial charge in [0.15, 0.2) is 0 Å². The van der Waals surface area contributed by atoms with Crippen LogP contribution in [0.5, 0.6) is 0 Å². The molecule has 0 atom stereocenters. The smallest absolute Gasteiger partial charge is 0.0360 e. The lowest BCUT2D eigenvalue weighted by atomic mass is 10.1. The van der Waals surface area contributed by atoms with Crippen LogP contribution in [0.3, 0.4) is 0 Å². The van der Waals surface area contributed by atoms with Crippen LogP contribution in [-0.2, 0) is 0 Å². The Morgan fingerprint density at radius 3 is 1.35 bits per heavy atom. The van der Waals surface area contributed by atoms with Gasteiger partial charge in [-0.25, -0.2) is 0 Å². The first-order valence-electron chi connectivity index (χ1n) is 5.86. The topological polar surface area (TPSA) is 3.24 Å². The maximum absolute atomic E-state index is 2.12. The molecule has 0 N–H and O–H groups in total. The quantitative estimate of drug-likeness (QED) is 0.710. The van der Waals surface area contributed by atoms with Gasteiger partial charge in [0.25, 0.3) is 0 Å². The zero-order valence-corrected chi connectivity index (χ0v) is 11.1. The lowest BCUT2D eigenvalue weighted by Crippen LogP contribution is -2.07. The summed E-state index contributed by atoms with van der Waals surface area (Å²) in [6, 6.07) is 18.6. The van der Waals surface area contributed by atoms with Crippen molar-refractivity contribution in [3.63, 3.8) is 0 Å². The number of rotatable bonds is 1. The molecular weight excluding hydrogens is 206 g/mol. The van der Waals surface area contributed by atoms with E-state index < -0.39 is 0 Å². The maximum atomic E-state index is 2.12. The molecule has 90 valence electrons. The molecule has 0 fully saturated rings. The Balaban J connectivity index is 0.000000171. The van der Waals surface area contributed by atoms with Gasteiger partial charge in [-0.2, -0.15) is 0 Å². The number of anilines is 1. The Hall–Kier alpha value is -1.76. The second-order valence-corrected chi connectivity index (χ2v) is 4.31. The van der Waals surface area contributed by atoms with Gasteiger partial charge in [0.2, 0.25) is 0 Å². The van der Waals surface area contributed by atoms with Crippen LogP contribution in [0.4, 0.5) is 5.69 Å². The fourth-order valence-electron chi connectivity index (χ4n) is 1.39. The van der Waals surface area contributed by atoms with Gasteiger partial charge >= 0.3 is 0 Å². The van der Waals surface area contributed by atoms with Crippen LogP contribution >= 0.6 is 0 Å². The van der Waals surface area contributed by atoms with Crippen molar-refractivity contribution in [2.75, 3.05) is 19.0 Å². The van der Waals surface area contributed by atoms with E-state index in [4.69, 9.17) is 0 Å². The summed E-state index contributed by atoms with van der Waals surface area (Å²) < 4.78 is 0. The van der Waals surface area contributed by atoms with E-state index in [0.29, 0.717) is 0 Å². The van der Waals surface area contributed by atoms with Crippen molar-refractivity contribution in [3.8, 4) is 0 Å². The number of aryl methyl sites for hydroxylation is 2. The third kappa shape index (κ3) is 4.73. The summed E-state index contributed by atoms with van der Waals surface area (Å²) in [4.78, 5) is 2.08. The third-order valence-electron chi connectivity index (χ3n) is 2.70. The third-order valence-corrected chi connectivity index (χ3v) is 2.70. The molecule has 0 aliphatic carbocycles. The molecule has 2 aromatic carbocycles. The second kappa shape index (κ2) is 6.74. The minimum Gasteiger partial charge on any atom is -0.378 e. The Kier molecular flexibility index (Phi) is 5.28. The van der Waals surface area contributed by atoms with Crippen molar-refractivity contribution >= 4 is 5.69 Å². The van der Waals surface area contributed by atoms with Gasteiger partial charge in [-0.3, -0.25) is 0 Å². The van der Waals surface area contributed by atoms with Gasteiger partial charge < -0.3 is 4.90 Å². The van der Waals surface area contributed by atoms with E-state index in [9.17, 15) is 0 Å². The predicted octanol–water partition coefficient (Wildman–Crippen LogP) is 4.06. The summed E-state index contributed by atoms with van der Waals surface area (Å²) in [5, 5.41) is 0. The van der Waals surface area contributed by atoms with Gasteiger partial charge in [0.1, 0.15) is 0 Å². The average molecular weight is 227 g/mol. The summed E-state index contributed by atoms with van der Waals surface area (Å²) in [5.74, 6) is 0. The van der Waals surface area contributed by atoms with Crippen molar-refractivity contribution < 1.29 is 0 Å². The van der Waals surface area contributed by atoms with Gasteiger partial charge in [-0.15, -0.1) is 0 Å². The van der Waals surface area contributed by atoms with E-state index in [2.05, 4.69) is 55.1 Å². The minimum absolute atomic E-state index is 1.25. The zero-order chi connectivity index (χ0) is 12.7. The molecule has 2 rings (SSSR count). The van der Waals surface area contributed by atoms with Crippen molar-refractivity contribution in [2.24, 2.45) is 0 Å². The Morgan fingerprint density at radius 1 is 0.647 bits per heavy atom. The first kappa shape index (κ1) is 13.3. The van der Waals surface area contributed by atoms with E-state index >= 15 is 0 Å². The normalized spacial score (nSPS) is 9.18. The Labute approximate surface area is 105 Å². The first-order chi connectivity index (χ1) is 8.11. The summed E-state index contributed by atoms with van der Waals surface area (Å²) in [6.45, 7) is 4.24. The molecule has 1 heteroatoms. The van der Waals surface area contributed by atoms with E-state index in [1.165, 1.54) is 16.8 Å². The van der Waals surface area contributed by atoms with Crippen LogP contribution in [0.25, 0.3) is 0 Å². The largest absolute Gasteiger partial charge is 0.378 e. The fourth-order valence-corrected chi connectivity index (χ4v) is 1.39. The highest BCUT2D eigenvalue weighted by Gasteiger charge is 1.87. The van der Waals surface area contributed by atoms with E-state index in [-0.39, 0.29) is 0 Å². The van der Waals surface area contributed by atoms with E-state index in [1.807, 2.05) is 32.3 Å². The number of benzene rings is 2. The summed E-state index contributed by atoms with van der Waals surface area (Å²) in [7, 11) is 4.07. The average Bonchev–Trinajstić information content (AvgIpc) is 2.35. The molecule has 2 aromatic rings. The summed E-state index contributed by atoms with van der Waals surface area (Å²) in [5.41, 5.74) is 3.98. The summed E-state index contributed by atoms with van der Waals surface area (Å²) >= 11 is 0.